The summed E-state index contributed by atoms with van der Waals surface area (Å²) < 4.78 is 10.7. The number of ether oxygens (including phenoxy) is 2. The van der Waals surface area contributed by atoms with Crippen LogP contribution in [0.4, 0.5) is 0 Å². The third kappa shape index (κ3) is 5.28. The Morgan fingerprint density at radius 3 is 2.84 bits per heavy atom. The molecule has 0 spiro atoms. The van der Waals surface area contributed by atoms with Crippen LogP contribution in [0, 0.1) is 18.3 Å². The van der Waals surface area contributed by atoms with Crippen molar-refractivity contribution in [3.05, 3.63) is 41.2 Å². The van der Waals surface area contributed by atoms with E-state index in [1.54, 1.807) is 25.3 Å². The number of hydrogen-bond acceptors (Lipinski definition) is 4. The summed E-state index contributed by atoms with van der Waals surface area (Å²) in [6.07, 6.45) is 6.07. The summed E-state index contributed by atoms with van der Waals surface area (Å²) in [5.74, 6) is 3.82. The first kappa shape index (κ1) is 18.4. The Morgan fingerprint density at radius 2 is 2.16 bits per heavy atom. The highest BCUT2D eigenvalue weighted by Gasteiger charge is 2.12. The van der Waals surface area contributed by atoms with Crippen LogP contribution in [0.15, 0.2) is 24.3 Å². The van der Waals surface area contributed by atoms with Crippen LogP contribution in [0.2, 0.25) is 0 Å². The molecule has 6 nitrogen and oxygen atoms in total. The Labute approximate surface area is 147 Å². The van der Waals surface area contributed by atoms with Crippen LogP contribution in [-0.4, -0.2) is 29.8 Å². The zero-order valence-electron chi connectivity index (χ0n) is 14.8. The maximum atomic E-state index is 12.2. The predicted molar refractivity (Wildman–Crippen MR) is 95.6 cm³/mol. The Hall–Kier alpha value is -2.94. The van der Waals surface area contributed by atoms with Gasteiger partial charge >= 0.3 is 0 Å². The van der Waals surface area contributed by atoms with Crippen molar-refractivity contribution in [2.75, 3.05) is 13.7 Å². The van der Waals surface area contributed by atoms with E-state index in [9.17, 15) is 4.79 Å². The molecule has 0 unspecified atom stereocenters. The Kier molecular flexibility index (Phi) is 6.47. The van der Waals surface area contributed by atoms with Gasteiger partial charge in [0.05, 0.1) is 7.11 Å². The maximum absolute atomic E-state index is 12.2. The number of terminal acetylenes is 1. The third-order valence-electron chi connectivity index (χ3n) is 3.48. The molecule has 1 amide bonds. The van der Waals surface area contributed by atoms with Crippen LogP contribution >= 0.6 is 0 Å². The quantitative estimate of drug-likeness (QED) is 0.724. The van der Waals surface area contributed by atoms with Gasteiger partial charge in [0.15, 0.2) is 11.5 Å². The zero-order valence-corrected chi connectivity index (χ0v) is 14.8. The summed E-state index contributed by atoms with van der Waals surface area (Å²) >= 11 is 0. The SMILES string of the molecule is C#CCOc1cc(CNC(=O)c2cc(CC(C)C)[nH]n2)ccc1OC. The van der Waals surface area contributed by atoms with E-state index in [0.717, 1.165) is 17.7 Å². The first-order valence-electron chi connectivity index (χ1n) is 8.09. The highest BCUT2D eigenvalue weighted by Crippen LogP contribution is 2.28. The summed E-state index contributed by atoms with van der Waals surface area (Å²) in [7, 11) is 1.56. The number of aromatic amines is 1. The Bertz CT molecular complexity index is 760. The number of H-pyrrole nitrogens is 1. The van der Waals surface area contributed by atoms with Gasteiger partial charge in [-0.3, -0.25) is 9.89 Å². The number of nitrogens with zero attached hydrogens (tertiary/aromatic N) is 1. The highest BCUT2D eigenvalue weighted by molar-refractivity contribution is 5.92. The van der Waals surface area contributed by atoms with Gasteiger partial charge in [-0.15, -0.1) is 6.42 Å². The molecule has 0 aliphatic carbocycles. The number of carbonyl (C=O) groups is 1. The molecule has 0 fully saturated rings. The minimum atomic E-state index is -0.229. The molecule has 2 aromatic rings. The molecule has 25 heavy (non-hydrogen) atoms. The van der Waals surface area contributed by atoms with Crippen molar-refractivity contribution in [2.45, 2.75) is 26.8 Å². The molecule has 0 aliphatic rings. The normalized spacial score (nSPS) is 10.4. The standard InChI is InChI=1S/C19H23N3O3/c1-5-8-25-18-10-14(6-7-17(18)24-4)12-20-19(23)16-11-15(21-22-16)9-13(2)3/h1,6-7,10-11,13H,8-9,12H2,2-4H3,(H,20,23)(H,21,22). The molecule has 0 saturated heterocycles. The first-order chi connectivity index (χ1) is 12.0. The molecule has 1 aromatic heterocycles. The molecule has 2 rings (SSSR count). The Balaban J connectivity index is 1.99. The summed E-state index contributed by atoms with van der Waals surface area (Å²) in [5, 5.41) is 9.80. The van der Waals surface area contributed by atoms with Gasteiger partial charge in [0.1, 0.15) is 12.3 Å². The topological polar surface area (TPSA) is 76.2 Å². The number of rotatable bonds is 8. The lowest BCUT2D eigenvalue weighted by Gasteiger charge is -2.11. The van der Waals surface area contributed by atoms with Crippen molar-refractivity contribution in [1.29, 1.82) is 0 Å². The molecule has 0 radical (unpaired) electrons. The van der Waals surface area contributed by atoms with Crippen molar-refractivity contribution in [1.82, 2.24) is 15.5 Å². The number of hydrogen-bond donors (Lipinski definition) is 2. The predicted octanol–water partition coefficient (Wildman–Crippen LogP) is 2.56. The lowest BCUT2D eigenvalue weighted by atomic mass is 10.1. The average molecular weight is 341 g/mol. The van der Waals surface area contributed by atoms with Gasteiger partial charge in [-0.2, -0.15) is 5.10 Å². The second-order valence-electron chi connectivity index (χ2n) is 6.04. The molecule has 0 atom stereocenters. The first-order valence-corrected chi connectivity index (χ1v) is 8.09. The fourth-order valence-corrected chi connectivity index (χ4v) is 2.36. The second kappa shape index (κ2) is 8.78. The van der Waals surface area contributed by atoms with Gasteiger partial charge < -0.3 is 14.8 Å². The van der Waals surface area contributed by atoms with Gasteiger partial charge in [0.2, 0.25) is 0 Å². The fraction of sp³-hybridized carbons (Fsp3) is 0.368. The number of carbonyl (C=O) groups excluding carboxylic acids is 1. The maximum Gasteiger partial charge on any atom is 0.272 e. The van der Waals surface area contributed by atoms with E-state index < -0.39 is 0 Å². The van der Waals surface area contributed by atoms with Crippen molar-refractivity contribution in [3.8, 4) is 23.8 Å². The number of benzene rings is 1. The monoisotopic (exact) mass is 341 g/mol. The lowest BCUT2D eigenvalue weighted by Crippen LogP contribution is -2.23. The molecule has 0 saturated carbocycles. The van der Waals surface area contributed by atoms with Gasteiger partial charge in [-0.05, 0) is 36.1 Å². The van der Waals surface area contributed by atoms with E-state index in [2.05, 4.69) is 35.3 Å². The van der Waals surface area contributed by atoms with E-state index in [1.807, 2.05) is 6.07 Å². The van der Waals surface area contributed by atoms with Crippen molar-refractivity contribution in [2.24, 2.45) is 5.92 Å². The largest absolute Gasteiger partial charge is 0.493 e. The van der Waals surface area contributed by atoms with E-state index in [4.69, 9.17) is 15.9 Å². The van der Waals surface area contributed by atoms with Gasteiger partial charge in [-0.1, -0.05) is 25.8 Å². The van der Waals surface area contributed by atoms with Gasteiger partial charge in [-0.25, -0.2) is 0 Å². The molecule has 6 heteroatoms. The van der Waals surface area contributed by atoms with Gasteiger partial charge in [0, 0.05) is 12.2 Å². The number of nitrogens with one attached hydrogen (secondary N) is 2. The van der Waals surface area contributed by atoms with E-state index >= 15 is 0 Å². The molecular weight excluding hydrogens is 318 g/mol. The zero-order chi connectivity index (χ0) is 18.2. The molecular formula is C19H23N3O3. The second-order valence-corrected chi connectivity index (χ2v) is 6.04. The minimum absolute atomic E-state index is 0.151. The minimum Gasteiger partial charge on any atom is -0.493 e. The summed E-state index contributed by atoms with van der Waals surface area (Å²) in [6.45, 7) is 4.73. The number of methoxy groups -OCH3 is 1. The van der Waals surface area contributed by atoms with Crippen LogP contribution in [0.3, 0.4) is 0 Å². The lowest BCUT2D eigenvalue weighted by molar-refractivity contribution is 0.0946. The molecule has 0 bridgehead atoms. The number of aromatic nitrogens is 2. The number of amides is 1. The van der Waals surface area contributed by atoms with Crippen LogP contribution in [0.5, 0.6) is 11.5 Å². The van der Waals surface area contributed by atoms with E-state index in [-0.39, 0.29) is 12.5 Å². The smallest absolute Gasteiger partial charge is 0.272 e. The van der Waals surface area contributed by atoms with Crippen molar-refractivity contribution < 1.29 is 14.3 Å². The van der Waals surface area contributed by atoms with E-state index in [0.29, 0.717) is 29.7 Å². The molecule has 1 aromatic carbocycles. The van der Waals surface area contributed by atoms with Crippen LogP contribution < -0.4 is 14.8 Å². The summed E-state index contributed by atoms with van der Waals surface area (Å²) in [5.41, 5.74) is 2.21. The van der Waals surface area contributed by atoms with Crippen LogP contribution in [0.25, 0.3) is 0 Å². The molecule has 2 N–H and O–H groups in total. The van der Waals surface area contributed by atoms with Crippen LogP contribution in [-0.2, 0) is 13.0 Å². The molecule has 132 valence electrons. The highest BCUT2D eigenvalue weighted by atomic mass is 16.5. The summed E-state index contributed by atoms with van der Waals surface area (Å²) in [4.78, 5) is 12.2. The molecule has 1 heterocycles. The van der Waals surface area contributed by atoms with Gasteiger partial charge in [0.25, 0.3) is 5.91 Å². The van der Waals surface area contributed by atoms with Crippen LogP contribution in [0.1, 0.15) is 35.6 Å². The van der Waals surface area contributed by atoms with Crippen molar-refractivity contribution in [3.63, 3.8) is 0 Å². The average Bonchev–Trinajstić information content (AvgIpc) is 3.05. The molecule has 0 aliphatic heterocycles. The summed E-state index contributed by atoms with van der Waals surface area (Å²) in [6, 6.07) is 7.22. The third-order valence-corrected chi connectivity index (χ3v) is 3.48. The van der Waals surface area contributed by atoms with Crippen molar-refractivity contribution >= 4 is 5.91 Å². The van der Waals surface area contributed by atoms with E-state index in [1.165, 1.54) is 0 Å². The Morgan fingerprint density at radius 1 is 1.36 bits per heavy atom. The fourth-order valence-electron chi connectivity index (χ4n) is 2.36.